The Morgan fingerprint density at radius 2 is 2.18 bits per heavy atom. The molecule has 0 saturated carbocycles. The standard InChI is InChI=1S/C14H18N2O/c1-11(5-4-8-15)17-13-9-12-6-2-3-7-14(12)16-10-13/h2-3,6-7,9-11H,4-5,8,15H2,1H3. The van der Waals surface area contributed by atoms with E-state index in [0.29, 0.717) is 6.54 Å². The molecule has 1 heterocycles. The lowest BCUT2D eigenvalue weighted by Gasteiger charge is -2.14. The van der Waals surface area contributed by atoms with Gasteiger partial charge in [-0.15, -0.1) is 0 Å². The average molecular weight is 230 g/mol. The molecule has 0 aliphatic rings. The summed E-state index contributed by atoms with van der Waals surface area (Å²) in [6, 6.07) is 10.1. The van der Waals surface area contributed by atoms with E-state index < -0.39 is 0 Å². The Labute approximate surface area is 102 Å². The molecule has 90 valence electrons. The van der Waals surface area contributed by atoms with Crippen LogP contribution in [0.15, 0.2) is 36.5 Å². The van der Waals surface area contributed by atoms with Crippen LogP contribution in [-0.2, 0) is 0 Å². The van der Waals surface area contributed by atoms with Crippen molar-refractivity contribution < 1.29 is 4.74 Å². The van der Waals surface area contributed by atoms with Gasteiger partial charge in [-0.2, -0.15) is 0 Å². The van der Waals surface area contributed by atoms with Gasteiger partial charge in [-0.3, -0.25) is 4.98 Å². The second-order valence-corrected chi connectivity index (χ2v) is 4.22. The number of para-hydroxylation sites is 1. The average Bonchev–Trinajstić information content (AvgIpc) is 2.36. The largest absolute Gasteiger partial charge is 0.489 e. The van der Waals surface area contributed by atoms with Gasteiger partial charge in [0.1, 0.15) is 5.75 Å². The molecule has 17 heavy (non-hydrogen) atoms. The third-order valence-electron chi connectivity index (χ3n) is 2.72. The minimum Gasteiger partial charge on any atom is -0.489 e. The van der Waals surface area contributed by atoms with Gasteiger partial charge >= 0.3 is 0 Å². The molecule has 1 unspecified atom stereocenters. The molecule has 2 rings (SSSR count). The van der Waals surface area contributed by atoms with E-state index in [0.717, 1.165) is 29.5 Å². The maximum Gasteiger partial charge on any atom is 0.138 e. The lowest BCUT2D eigenvalue weighted by Crippen LogP contribution is -2.13. The fraction of sp³-hybridized carbons (Fsp3) is 0.357. The molecule has 0 amide bonds. The van der Waals surface area contributed by atoms with Crippen molar-refractivity contribution in [2.24, 2.45) is 5.73 Å². The van der Waals surface area contributed by atoms with Gasteiger partial charge in [-0.1, -0.05) is 18.2 Å². The highest BCUT2D eigenvalue weighted by molar-refractivity contribution is 5.79. The highest BCUT2D eigenvalue weighted by atomic mass is 16.5. The molecule has 0 aliphatic carbocycles. The van der Waals surface area contributed by atoms with Crippen molar-refractivity contribution in [1.82, 2.24) is 4.98 Å². The van der Waals surface area contributed by atoms with Crippen LogP contribution in [0, 0.1) is 0 Å². The van der Waals surface area contributed by atoms with Gasteiger partial charge in [-0.25, -0.2) is 0 Å². The fourth-order valence-electron chi connectivity index (χ4n) is 1.81. The molecule has 1 aromatic heterocycles. The first-order valence-electron chi connectivity index (χ1n) is 6.01. The van der Waals surface area contributed by atoms with E-state index in [1.807, 2.05) is 30.3 Å². The first-order valence-corrected chi connectivity index (χ1v) is 6.01. The number of nitrogens with zero attached hydrogens (tertiary/aromatic N) is 1. The minimum absolute atomic E-state index is 0.182. The predicted molar refractivity (Wildman–Crippen MR) is 70.1 cm³/mol. The van der Waals surface area contributed by atoms with Crippen LogP contribution in [0.1, 0.15) is 19.8 Å². The quantitative estimate of drug-likeness (QED) is 0.859. The third-order valence-corrected chi connectivity index (χ3v) is 2.72. The number of pyridine rings is 1. The number of aromatic nitrogens is 1. The number of nitrogens with two attached hydrogens (primary N) is 1. The van der Waals surface area contributed by atoms with Crippen molar-refractivity contribution in [2.45, 2.75) is 25.9 Å². The van der Waals surface area contributed by atoms with Gasteiger partial charge in [0, 0.05) is 5.39 Å². The van der Waals surface area contributed by atoms with Gasteiger partial charge in [0.05, 0.1) is 17.8 Å². The minimum atomic E-state index is 0.182. The molecule has 0 bridgehead atoms. The van der Waals surface area contributed by atoms with E-state index in [4.69, 9.17) is 10.5 Å². The fourth-order valence-corrected chi connectivity index (χ4v) is 1.81. The SMILES string of the molecule is CC(CCCN)Oc1cnc2ccccc2c1. The monoisotopic (exact) mass is 230 g/mol. The molecule has 0 aliphatic heterocycles. The number of benzene rings is 1. The predicted octanol–water partition coefficient (Wildman–Crippen LogP) is 2.74. The van der Waals surface area contributed by atoms with Crippen molar-refractivity contribution in [1.29, 1.82) is 0 Å². The van der Waals surface area contributed by atoms with Crippen LogP contribution in [-0.4, -0.2) is 17.6 Å². The summed E-state index contributed by atoms with van der Waals surface area (Å²) < 4.78 is 5.81. The van der Waals surface area contributed by atoms with Crippen LogP contribution >= 0.6 is 0 Å². The van der Waals surface area contributed by atoms with Crippen molar-refractivity contribution in [3.63, 3.8) is 0 Å². The van der Waals surface area contributed by atoms with Crippen LogP contribution in [0.5, 0.6) is 5.75 Å². The van der Waals surface area contributed by atoms with Crippen molar-refractivity contribution in [3.05, 3.63) is 36.5 Å². The number of hydrogen-bond acceptors (Lipinski definition) is 3. The molecule has 0 fully saturated rings. The topological polar surface area (TPSA) is 48.1 Å². The maximum absolute atomic E-state index is 5.81. The number of ether oxygens (including phenoxy) is 1. The van der Waals surface area contributed by atoms with Gasteiger partial charge < -0.3 is 10.5 Å². The Hall–Kier alpha value is -1.61. The molecule has 0 saturated heterocycles. The van der Waals surface area contributed by atoms with E-state index in [-0.39, 0.29) is 6.10 Å². The lowest BCUT2D eigenvalue weighted by atomic mass is 10.2. The highest BCUT2D eigenvalue weighted by Crippen LogP contribution is 2.19. The Kier molecular flexibility index (Phi) is 3.94. The second-order valence-electron chi connectivity index (χ2n) is 4.22. The van der Waals surface area contributed by atoms with E-state index in [2.05, 4.69) is 11.9 Å². The normalized spacial score (nSPS) is 12.6. The van der Waals surface area contributed by atoms with Gasteiger partial charge in [0.2, 0.25) is 0 Å². The molecule has 0 spiro atoms. The number of hydrogen-bond donors (Lipinski definition) is 1. The summed E-state index contributed by atoms with van der Waals surface area (Å²) in [5, 5.41) is 1.11. The molecule has 2 aromatic rings. The zero-order valence-corrected chi connectivity index (χ0v) is 10.1. The molecular formula is C14H18N2O. The van der Waals surface area contributed by atoms with Crippen LogP contribution in [0.25, 0.3) is 10.9 Å². The summed E-state index contributed by atoms with van der Waals surface area (Å²) in [5.41, 5.74) is 6.47. The van der Waals surface area contributed by atoms with Crippen LogP contribution < -0.4 is 10.5 Å². The molecule has 1 aromatic carbocycles. The summed E-state index contributed by atoms with van der Waals surface area (Å²) in [6.07, 6.45) is 3.92. The molecule has 3 nitrogen and oxygen atoms in total. The van der Waals surface area contributed by atoms with Crippen molar-refractivity contribution >= 4 is 10.9 Å². The third kappa shape index (κ3) is 3.17. The van der Waals surface area contributed by atoms with E-state index in [1.54, 1.807) is 6.20 Å². The number of rotatable bonds is 5. The summed E-state index contributed by atoms with van der Waals surface area (Å²) in [5.74, 6) is 0.827. The molecular weight excluding hydrogens is 212 g/mol. The van der Waals surface area contributed by atoms with Gasteiger partial charge in [-0.05, 0) is 38.4 Å². The van der Waals surface area contributed by atoms with E-state index in [1.165, 1.54) is 0 Å². The zero-order chi connectivity index (χ0) is 12.1. The van der Waals surface area contributed by atoms with Crippen LogP contribution in [0.4, 0.5) is 0 Å². The molecule has 1 atom stereocenters. The van der Waals surface area contributed by atoms with Crippen LogP contribution in [0.3, 0.4) is 0 Å². The van der Waals surface area contributed by atoms with Gasteiger partial charge in [0.15, 0.2) is 0 Å². The summed E-state index contributed by atoms with van der Waals surface area (Å²) in [7, 11) is 0. The maximum atomic E-state index is 5.81. The Morgan fingerprint density at radius 1 is 1.35 bits per heavy atom. The first-order chi connectivity index (χ1) is 8.29. The van der Waals surface area contributed by atoms with Crippen molar-refractivity contribution in [3.8, 4) is 5.75 Å². The zero-order valence-electron chi connectivity index (χ0n) is 10.1. The van der Waals surface area contributed by atoms with Gasteiger partial charge in [0.25, 0.3) is 0 Å². The summed E-state index contributed by atoms with van der Waals surface area (Å²) in [4.78, 5) is 4.36. The highest BCUT2D eigenvalue weighted by Gasteiger charge is 2.04. The molecule has 3 heteroatoms. The Balaban J connectivity index is 2.08. The summed E-state index contributed by atoms with van der Waals surface area (Å²) in [6.45, 7) is 2.77. The second kappa shape index (κ2) is 5.64. The molecule has 2 N–H and O–H groups in total. The summed E-state index contributed by atoms with van der Waals surface area (Å²) >= 11 is 0. The smallest absolute Gasteiger partial charge is 0.138 e. The molecule has 0 radical (unpaired) electrons. The van der Waals surface area contributed by atoms with Crippen molar-refractivity contribution in [2.75, 3.05) is 6.54 Å². The lowest BCUT2D eigenvalue weighted by molar-refractivity contribution is 0.208. The van der Waals surface area contributed by atoms with E-state index in [9.17, 15) is 0 Å². The number of fused-ring (bicyclic) bond motifs is 1. The first kappa shape index (κ1) is 11.9. The Morgan fingerprint density at radius 3 is 3.00 bits per heavy atom. The van der Waals surface area contributed by atoms with Crippen LogP contribution in [0.2, 0.25) is 0 Å². The Bertz CT molecular complexity index is 484. The van der Waals surface area contributed by atoms with E-state index >= 15 is 0 Å².